The average Bonchev–Trinajstić information content (AvgIpc) is 3.13. The molecule has 2 aromatic rings. The molecule has 1 aliphatic heterocycles. The van der Waals surface area contributed by atoms with Gasteiger partial charge < -0.3 is 5.32 Å². The molecule has 5 nitrogen and oxygen atoms in total. The summed E-state index contributed by atoms with van der Waals surface area (Å²) >= 11 is 1.82. The third-order valence-electron chi connectivity index (χ3n) is 4.98. The monoisotopic (exact) mass is 314 g/mol. The van der Waals surface area contributed by atoms with E-state index in [2.05, 4.69) is 15.5 Å². The van der Waals surface area contributed by atoms with Crippen LogP contribution in [0.4, 0.5) is 5.82 Å². The van der Waals surface area contributed by atoms with E-state index in [4.69, 9.17) is 4.98 Å². The standard InChI is InChI=1S/C16H18N4OS/c21-12-7-9(16-17-10-3-1-2-4-11(10)22-16)13-14(8-5-6-8)19-20-15(13)18-12/h8-9H,1-7H2,(H2,18,19,20,21). The van der Waals surface area contributed by atoms with Crippen molar-refractivity contribution in [1.82, 2.24) is 15.2 Å². The van der Waals surface area contributed by atoms with Crippen LogP contribution in [0.15, 0.2) is 0 Å². The summed E-state index contributed by atoms with van der Waals surface area (Å²) in [6, 6.07) is 0. The summed E-state index contributed by atoms with van der Waals surface area (Å²) in [5.74, 6) is 1.48. The Morgan fingerprint density at radius 1 is 1.18 bits per heavy atom. The Kier molecular flexibility index (Phi) is 2.71. The number of anilines is 1. The molecule has 1 amide bonds. The van der Waals surface area contributed by atoms with E-state index in [0.29, 0.717) is 12.3 Å². The second-order valence-electron chi connectivity index (χ2n) is 6.61. The number of hydrogen-bond acceptors (Lipinski definition) is 4. The van der Waals surface area contributed by atoms with Crippen LogP contribution in [0, 0.1) is 0 Å². The molecule has 0 spiro atoms. The summed E-state index contributed by atoms with van der Waals surface area (Å²) in [6.45, 7) is 0. The number of carbonyl (C=O) groups is 1. The number of rotatable bonds is 2. The Bertz CT molecular complexity index is 735. The lowest BCUT2D eigenvalue weighted by Gasteiger charge is -2.21. The molecule has 3 aliphatic rings. The molecule has 5 rings (SSSR count). The zero-order valence-electron chi connectivity index (χ0n) is 12.3. The minimum atomic E-state index is 0.0551. The Labute approximate surface area is 132 Å². The van der Waals surface area contributed by atoms with Gasteiger partial charge >= 0.3 is 0 Å². The van der Waals surface area contributed by atoms with Gasteiger partial charge in [-0.1, -0.05) is 0 Å². The van der Waals surface area contributed by atoms with Gasteiger partial charge in [-0.3, -0.25) is 9.89 Å². The number of hydrogen-bond donors (Lipinski definition) is 2. The molecule has 2 N–H and O–H groups in total. The van der Waals surface area contributed by atoms with Crippen molar-refractivity contribution in [2.45, 2.75) is 56.8 Å². The van der Waals surface area contributed by atoms with Gasteiger partial charge in [0.05, 0.1) is 11.6 Å². The second-order valence-corrected chi connectivity index (χ2v) is 7.72. The fourth-order valence-electron chi connectivity index (χ4n) is 3.70. The normalized spacial score (nSPS) is 23.8. The van der Waals surface area contributed by atoms with Gasteiger partial charge in [-0.2, -0.15) is 5.10 Å². The maximum atomic E-state index is 12.1. The van der Waals surface area contributed by atoms with Crippen molar-refractivity contribution in [1.29, 1.82) is 0 Å². The number of H-pyrrole nitrogens is 1. The zero-order valence-corrected chi connectivity index (χ0v) is 13.1. The van der Waals surface area contributed by atoms with E-state index in [9.17, 15) is 4.79 Å². The first-order valence-electron chi connectivity index (χ1n) is 8.16. The Balaban J connectivity index is 1.61. The first-order valence-corrected chi connectivity index (χ1v) is 8.97. The maximum Gasteiger partial charge on any atom is 0.226 e. The van der Waals surface area contributed by atoms with Crippen molar-refractivity contribution in [3.63, 3.8) is 0 Å². The summed E-state index contributed by atoms with van der Waals surface area (Å²) in [5.41, 5.74) is 3.71. The van der Waals surface area contributed by atoms with E-state index in [-0.39, 0.29) is 11.8 Å². The number of aryl methyl sites for hydroxylation is 2. The molecule has 22 heavy (non-hydrogen) atoms. The Morgan fingerprint density at radius 2 is 2.05 bits per heavy atom. The smallest absolute Gasteiger partial charge is 0.226 e. The van der Waals surface area contributed by atoms with E-state index in [0.717, 1.165) is 23.7 Å². The average molecular weight is 314 g/mol. The van der Waals surface area contributed by atoms with Gasteiger partial charge in [-0.15, -0.1) is 11.3 Å². The lowest BCUT2D eigenvalue weighted by molar-refractivity contribution is -0.116. The molecule has 6 heteroatoms. The van der Waals surface area contributed by atoms with Crippen molar-refractivity contribution < 1.29 is 4.79 Å². The van der Waals surface area contributed by atoms with Gasteiger partial charge in [0.1, 0.15) is 5.01 Å². The molecule has 114 valence electrons. The van der Waals surface area contributed by atoms with Crippen LogP contribution in [0.25, 0.3) is 0 Å². The number of amides is 1. The molecule has 1 fully saturated rings. The number of nitrogens with one attached hydrogen (secondary N) is 2. The topological polar surface area (TPSA) is 70.7 Å². The molecule has 3 heterocycles. The largest absolute Gasteiger partial charge is 0.309 e. The highest BCUT2D eigenvalue weighted by Gasteiger charge is 2.38. The van der Waals surface area contributed by atoms with Crippen LogP contribution < -0.4 is 5.32 Å². The maximum absolute atomic E-state index is 12.1. The minimum Gasteiger partial charge on any atom is -0.309 e. The first-order chi connectivity index (χ1) is 10.8. The number of fused-ring (bicyclic) bond motifs is 2. The molecule has 0 aromatic carbocycles. The highest BCUT2D eigenvalue weighted by atomic mass is 32.1. The van der Waals surface area contributed by atoms with Crippen LogP contribution in [0.1, 0.15) is 70.8 Å². The van der Waals surface area contributed by atoms with E-state index in [1.54, 1.807) is 0 Å². The van der Waals surface area contributed by atoms with Gasteiger partial charge in [0.25, 0.3) is 0 Å². The van der Waals surface area contributed by atoms with E-state index < -0.39 is 0 Å². The fraction of sp³-hybridized carbons (Fsp3) is 0.562. The van der Waals surface area contributed by atoms with E-state index >= 15 is 0 Å². The van der Waals surface area contributed by atoms with Gasteiger partial charge in [-0.05, 0) is 38.5 Å². The molecule has 2 aliphatic carbocycles. The number of aromatic nitrogens is 3. The quantitative estimate of drug-likeness (QED) is 0.895. The predicted molar refractivity (Wildman–Crippen MR) is 84.4 cm³/mol. The van der Waals surface area contributed by atoms with Crippen molar-refractivity contribution in [3.8, 4) is 0 Å². The first kappa shape index (κ1) is 12.8. The summed E-state index contributed by atoms with van der Waals surface area (Å²) in [7, 11) is 0. The van der Waals surface area contributed by atoms with Gasteiger partial charge in [0.2, 0.25) is 5.91 Å². The highest BCUT2D eigenvalue weighted by Crippen LogP contribution is 2.48. The molecule has 1 atom stereocenters. The molecule has 2 aromatic heterocycles. The van der Waals surface area contributed by atoms with Gasteiger partial charge in [0.15, 0.2) is 5.82 Å². The van der Waals surface area contributed by atoms with Crippen molar-refractivity contribution in [3.05, 3.63) is 26.8 Å². The third kappa shape index (κ3) is 1.93. The van der Waals surface area contributed by atoms with Gasteiger partial charge in [0, 0.05) is 28.5 Å². The highest BCUT2D eigenvalue weighted by molar-refractivity contribution is 7.11. The van der Waals surface area contributed by atoms with E-state index in [1.807, 2.05) is 11.3 Å². The molecular formula is C16H18N4OS. The number of thiazole rings is 1. The SMILES string of the molecule is O=C1CC(c2nc3c(s2)CCCC3)c2c(n[nH]c2C2CC2)N1. The van der Waals surface area contributed by atoms with E-state index in [1.165, 1.54) is 47.5 Å². The van der Waals surface area contributed by atoms with Crippen LogP contribution in [0.3, 0.4) is 0 Å². The molecule has 0 radical (unpaired) electrons. The van der Waals surface area contributed by atoms with Crippen LogP contribution in [-0.2, 0) is 17.6 Å². The number of carbonyl (C=O) groups excluding carboxylic acids is 1. The van der Waals surface area contributed by atoms with Crippen LogP contribution in [-0.4, -0.2) is 21.1 Å². The number of aromatic amines is 1. The third-order valence-corrected chi connectivity index (χ3v) is 6.25. The predicted octanol–water partition coefficient (Wildman–Crippen LogP) is 3.10. The lowest BCUT2D eigenvalue weighted by atomic mass is 9.91. The van der Waals surface area contributed by atoms with Crippen molar-refractivity contribution >= 4 is 23.1 Å². The minimum absolute atomic E-state index is 0.0551. The second kappa shape index (κ2) is 4.65. The lowest BCUT2D eigenvalue weighted by Crippen LogP contribution is -2.23. The van der Waals surface area contributed by atoms with Crippen molar-refractivity contribution in [2.24, 2.45) is 0 Å². The zero-order chi connectivity index (χ0) is 14.7. The van der Waals surface area contributed by atoms with Crippen LogP contribution in [0.5, 0.6) is 0 Å². The Hall–Kier alpha value is -1.69. The number of nitrogens with zero attached hydrogens (tertiary/aromatic N) is 2. The van der Waals surface area contributed by atoms with Crippen LogP contribution >= 0.6 is 11.3 Å². The summed E-state index contributed by atoms with van der Waals surface area (Å²) in [4.78, 5) is 18.4. The fourth-order valence-corrected chi connectivity index (χ4v) is 4.96. The molecule has 1 unspecified atom stereocenters. The van der Waals surface area contributed by atoms with Crippen molar-refractivity contribution in [2.75, 3.05) is 5.32 Å². The molecule has 0 bridgehead atoms. The summed E-state index contributed by atoms with van der Waals surface area (Å²) in [5, 5.41) is 11.6. The Morgan fingerprint density at radius 3 is 2.86 bits per heavy atom. The van der Waals surface area contributed by atoms with Crippen LogP contribution in [0.2, 0.25) is 0 Å². The summed E-state index contributed by atoms with van der Waals surface area (Å²) < 4.78 is 0. The molecule has 0 saturated heterocycles. The molecular weight excluding hydrogens is 296 g/mol. The summed E-state index contributed by atoms with van der Waals surface area (Å²) in [6.07, 6.45) is 7.71. The van der Waals surface area contributed by atoms with Gasteiger partial charge in [-0.25, -0.2) is 4.98 Å². The molecule has 1 saturated carbocycles.